The maximum absolute atomic E-state index is 12.8. The van der Waals surface area contributed by atoms with E-state index in [-0.39, 0.29) is 35.5 Å². The van der Waals surface area contributed by atoms with Crippen molar-refractivity contribution in [2.75, 3.05) is 36.8 Å². The van der Waals surface area contributed by atoms with Crippen molar-refractivity contribution in [3.8, 4) is 0 Å². The largest absolute Gasteiger partial charge is 0.446 e. The van der Waals surface area contributed by atoms with E-state index in [1.54, 1.807) is 100 Å². The van der Waals surface area contributed by atoms with Gasteiger partial charge in [-0.15, -0.1) is 0 Å². The Kier molecular flexibility index (Phi) is 20.8. The molecule has 4 aliphatic rings. The van der Waals surface area contributed by atoms with Crippen LogP contribution < -0.4 is 32.7 Å². The molecule has 0 aliphatic carbocycles. The third kappa shape index (κ3) is 20.3. The number of pyridine rings is 2. The van der Waals surface area contributed by atoms with Crippen LogP contribution in [-0.2, 0) is 46.3 Å². The summed E-state index contributed by atoms with van der Waals surface area (Å²) in [5, 5.41) is 10.5. The Labute approximate surface area is 471 Å². The summed E-state index contributed by atoms with van der Waals surface area (Å²) in [6, 6.07) is 18.9. The predicted molar refractivity (Wildman–Crippen MR) is 305 cm³/mol. The third-order valence-electron chi connectivity index (χ3n) is 12.0. The van der Waals surface area contributed by atoms with Crippen molar-refractivity contribution in [3.63, 3.8) is 0 Å². The molecule has 4 aromatic rings. The van der Waals surface area contributed by atoms with Crippen LogP contribution in [0, 0.1) is 0 Å². The molecule has 0 saturated carbocycles. The fraction of sp³-hybridized carbons (Fsp3) is 0.328. The number of nitrogens with two attached hydrogens (primary N) is 2. The van der Waals surface area contributed by atoms with Crippen molar-refractivity contribution in [3.05, 3.63) is 131 Å². The molecule has 2 aromatic carbocycles. The fourth-order valence-corrected chi connectivity index (χ4v) is 8.21. The van der Waals surface area contributed by atoms with Gasteiger partial charge in [0.05, 0.1) is 11.4 Å². The Morgan fingerprint density at radius 1 is 0.622 bits per heavy atom. The Balaban J connectivity index is 0.000000252. The highest BCUT2D eigenvalue weighted by Gasteiger charge is 2.26. The van der Waals surface area contributed by atoms with Gasteiger partial charge in [0.1, 0.15) is 22.8 Å². The van der Waals surface area contributed by atoms with Crippen molar-refractivity contribution in [1.29, 1.82) is 0 Å². The zero-order valence-electron chi connectivity index (χ0n) is 46.2. The highest BCUT2D eigenvalue weighted by molar-refractivity contribution is 6.02. The van der Waals surface area contributed by atoms with Gasteiger partial charge in [0.25, 0.3) is 0 Å². The van der Waals surface area contributed by atoms with E-state index in [9.17, 15) is 41.9 Å². The van der Waals surface area contributed by atoms with E-state index < -0.39 is 35.9 Å². The molecule has 0 unspecified atom stereocenters. The van der Waals surface area contributed by atoms with Gasteiger partial charge in [-0.3, -0.25) is 34.6 Å². The van der Waals surface area contributed by atoms with Crippen LogP contribution >= 0.6 is 0 Å². The highest BCUT2D eigenvalue weighted by atomic mass is 19.4. The number of nitrogens with one attached hydrogen (secondary N) is 4. The fourth-order valence-electron chi connectivity index (χ4n) is 8.21. The van der Waals surface area contributed by atoms with E-state index >= 15 is 0 Å². The van der Waals surface area contributed by atoms with Crippen LogP contribution in [0.3, 0.4) is 0 Å². The van der Waals surface area contributed by atoms with Crippen molar-refractivity contribution >= 4 is 100 Å². The van der Waals surface area contributed by atoms with Gasteiger partial charge in [0.2, 0.25) is 35.9 Å². The standard InChI is InChI=1S/C33H40N6O6.C23H24N6O2.C2HF3O/c1-32(2,3)44-30(42)37-29(38-31(43)45-33(4,5)6)35-25-11-8-22(9-12-25)23-15-17-39(18-16-23)27(41)14-7-21-19-24-10-13-26(40)36-28(24)34-20-21;24-23(25)27-19-5-2-16(3-6-19)17-9-11-29(12-10-17)21(31)8-1-15-13-18-4-7-20(30)28-22(18)26-14-15;3-2(4,5)1-6/h7-9,11-12,14-15,19-20H,10,13,16-18H2,1-6H3,(H,34,36,40)(H2,35,37,38,42,43);1-3,5-6,8-9,13-14H,4,7,10-12H2,(H4,24,25,27)(H,26,28,30);1H/b14-7+;8-1+;. The molecule has 8 rings (SSSR count). The molecule has 0 bridgehead atoms. The third-order valence-corrected chi connectivity index (χ3v) is 12.0. The molecule has 4 aliphatic heterocycles. The molecule has 21 nitrogen and oxygen atoms in total. The molecular formula is C58H65F3N12O9. The molecule has 0 atom stereocenters. The van der Waals surface area contributed by atoms with Gasteiger partial charge in [-0.2, -0.15) is 13.2 Å². The second-order valence-electron chi connectivity index (χ2n) is 20.8. The van der Waals surface area contributed by atoms with Gasteiger partial charge in [-0.25, -0.2) is 29.5 Å². The number of benzene rings is 2. The summed E-state index contributed by atoms with van der Waals surface area (Å²) in [7, 11) is 0. The zero-order valence-corrected chi connectivity index (χ0v) is 46.2. The maximum Gasteiger partial charge on any atom is 0.446 e. The Morgan fingerprint density at radius 3 is 1.35 bits per heavy atom. The van der Waals surface area contributed by atoms with Crippen LogP contribution in [-0.4, -0.2) is 117 Å². The van der Waals surface area contributed by atoms with Crippen LogP contribution in [0.1, 0.15) is 101 Å². The first-order valence-electron chi connectivity index (χ1n) is 26.0. The minimum atomic E-state index is -4.64. The number of hydrogen-bond donors (Lipinski definition) is 6. The van der Waals surface area contributed by atoms with Gasteiger partial charge in [-0.1, -0.05) is 36.4 Å². The number of aldehydes is 1. The van der Waals surface area contributed by atoms with Gasteiger partial charge in [0, 0.05) is 63.6 Å². The molecule has 432 valence electrons. The number of guanidine groups is 2. The minimum absolute atomic E-state index is 0.0132. The lowest BCUT2D eigenvalue weighted by Gasteiger charge is -2.25. The minimum Gasteiger partial charge on any atom is -0.444 e. The summed E-state index contributed by atoms with van der Waals surface area (Å²) in [4.78, 5) is 102. The molecule has 0 spiro atoms. The highest BCUT2D eigenvalue weighted by Crippen LogP contribution is 2.28. The lowest BCUT2D eigenvalue weighted by atomic mass is 9.99. The van der Waals surface area contributed by atoms with Crippen LogP contribution in [0.15, 0.2) is 107 Å². The van der Waals surface area contributed by atoms with Crippen LogP contribution in [0.25, 0.3) is 23.3 Å². The molecule has 0 saturated heterocycles. The summed E-state index contributed by atoms with van der Waals surface area (Å²) in [5.41, 5.74) is 18.5. The summed E-state index contributed by atoms with van der Waals surface area (Å²) < 4.78 is 41.8. The Hall–Kier alpha value is -9.48. The number of hydrogen-bond acceptors (Lipinski definition) is 13. The molecule has 24 heteroatoms. The average Bonchev–Trinajstić information content (AvgIpc) is 3.46. The van der Waals surface area contributed by atoms with E-state index in [1.165, 1.54) is 5.57 Å². The van der Waals surface area contributed by atoms with Gasteiger partial charge >= 0.3 is 18.4 Å². The molecule has 8 N–H and O–H groups in total. The SMILES string of the molecule is CC(C)(C)OC(=O)NC(=Nc1ccc(C2=CCN(C(=O)/C=C/c3cnc4c(c3)CCC(=O)N4)CC2)cc1)NC(=O)OC(C)(C)C.NC(N)=Nc1ccc(C2=CCN(C(=O)/C=C/c3cnc4c(c3)CCC(=O)N4)CC2)cc1.O=CC(F)(F)F. The van der Waals surface area contributed by atoms with Crippen molar-refractivity contribution in [1.82, 2.24) is 30.4 Å². The first kappa shape index (κ1) is 61.7. The topological polar surface area (TPSA) is 295 Å². The zero-order chi connectivity index (χ0) is 59.8. The number of aromatic nitrogens is 2. The number of carbonyl (C=O) groups excluding carboxylic acids is 7. The summed E-state index contributed by atoms with van der Waals surface area (Å²) >= 11 is 0. The molecule has 0 fully saturated rings. The van der Waals surface area contributed by atoms with E-state index in [1.807, 2.05) is 54.6 Å². The van der Waals surface area contributed by atoms with Crippen molar-refractivity contribution in [2.45, 2.75) is 97.4 Å². The number of alkyl carbamates (subject to hydrolysis) is 2. The quantitative estimate of drug-likeness (QED) is 0.0419. The smallest absolute Gasteiger partial charge is 0.444 e. The van der Waals surface area contributed by atoms with Crippen molar-refractivity contribution in [2.24, 2.45) is 21.5 Å². The van der Waals surface area contributed by atoms with Gasteiger partial charge < -0.3 is 41.4 Å². The first-order chi connectivity index (χ1) is 38.7. The number of aliphatic imine (C=N–C) groups is 2. The van der Waals surface area contributed by atoms with E-state index in [4.69, 9.17) is 25.7 Å². The number of carbonyl (C=O) groups is 7. The Bertz CT molecular complexity index is 3190. The number of halogens is 3. The maximum atomic E-state index is 12.8. The number of fused-ring (bicyclic) bond motifs is 2. The monoisotopic (exact) mass is 1130 g/mol. The second-order valence-corrected chi connectivity index (χ2v) is 20.8. The number of alkyl halides is 3. The predicted octanol–water partition coefficient (Wildman–Crippen LogP) is 8.28. The van der Waals surface area contributed by atoms with E-state index in [2.05, 4.69) is 47.3 Å². The molecule has 82 heavy (non-hydrogen) atoms. The molecule has 2 aromatic heterocycles. The Morgan fingerprint density at radius 2 is 1.01 bits per heavy atom. The molecular weight excluding hydrogens is 1070 g/mol. The van der Waals surface area contributed by atoms with Crippen LogP contribution in [0.4, 0.5) is 45.8 Å². The van der Waals surface area contributed by atoms with Crippen LogP contribution in [0.5, 0.6) is 0 Å². The van der Waals surface area contributed by atoms with Crippen molar-refractivity contribution < 1.29 is 56.2 Å². The average molecular weight is 1130 g/mol. The van der Waals surface area contributed by atoms with Gasteiger partial charge in [0.15, 0.2) is 5.96 Å². The number of anilines is 2. The summed E-state index contributed by atoms with van der Waals surface area (Å²) in [5.74, 6) is 0.907. The molecule has 0 radical (unpaired) electrons. The molecule has 6 amide bonds. The van der Waals surface area contributed by atoms with E-state index in [0.717, 1.165) is 45.4 Å². The number of nitrogens with zero attached hydrogens (tertiary/aromatic N) is 6. The number of rotatable bonds is 8. The molecule has 6 heterocycles. The number of amides is 6. The van der Waals surface area contributed by atoms with Gasteiger partial charge in [-0.05, 0) is 160 Å². The normalized spacial score (nSPS) is 15.0. The number of aryl methyl sites for hydroxylation is 2. The van der Waals surface area contributed by atoms with Crippen LogP contribution in [0.2, 0.25) is 0 Å². The summed E-state index contributed by atoms with van der Waals surface area (Å²) in [6.45, 7) is 12.6. The second kappa shape index (κ2) is 27.6. The summed E-state index contributed by atoms with van der Waals surface area (Å²) in [6.07, 6.45) is 10.4. The number of ether oxygens (including phenoxy) is 2. The van der Waals surface area contributed by atoms with E-state index in [0.29, 0.717) is 81.3 Å². The first-order valence-corrected chi connectivity index (χ1v) is 26.0. The lowest BCUT2D eigenvalue weighted by Crippen LogP contribution is -2.47. The lowest BCUT2D eigenvalue weighted by molar-refractivity contribution is -0.156.